The fourth-order valence-electron chi connectivity index (χ4n) is 1.91. The molecule has 1 aromatic rings. The lowest BCUT2D eigenvalue weighted by Gasteiger charge is -2.13. The summed E-state index contributed by atoms with van der Waals surface area (Å²) >= 11 is 7.79. The predicted octanol–water partition coefficient (Wildman–Crippen LogP) is 3.18. The average molecular weight is 314 g/mol. The van der Waals surface area contributed by atoms with Gasteiger partial charge in [0, 0.05) is 23.4 Å². The van der Waals surface area contributed by atoms with E-state index in [9.17, 15) is 4.79 Å². The van der Waals surface area contributed by atoms with Crippen LogP contribution in [0.2, 0.25) is 5.15 Å². The van der Waals surface area contributed by atoms with Gasteiger partial charge in [-0.2, -0.15) is 11.8 Å². The molecule has 20 heavy (non-hydrogen) atoms. The molecule has 1 heterocycles. The molecule has 0 unspecified atom stereocenters. The van der Waals surface area contributed by atoms with Crippen LogP contribution in [0.1, 0.15) is 36.5 Å². The number of pyridine rings is 1. The van der Waals surface area contributed by atoms with Gasteiger partial charge >= 0.3 is 0 Å². The second kappa shape index (κ2) is 6.68. The minimum absolute atomic E-state index is 0.0887. The van der Waals surface area contributed by atoms with E-state index in [-0.39, 0.29) is 10.7 Å². The summed E-state index contributed by atoms with van der Waals surface area (Å²) in [6.45, 7) is 3.59. The van der Waals surface area contributed by atoms with E-state index in [1.807, 2.05) is 11.8 Å². The zero-order chi connectivity index (χ0) is 14.6. The van der Waals surface area contributed by atoms with Crippen LogP contribution in [-0.2, 0) is 0 Å². The number of anilines is 1. The van der Waals surface area contributed by atoms with Crippen molar-refractivity contribution in [1.82, 2.24) is 10.3 Å². The van der Waals surface area contributed by atoms with Crippen molar-refractivity contribution in [2.24, 2.45) is 0 Å². The summed E-state index contributed by atoms with van der Waals surface area (Å²) in [5.74, 6) is 0.560. The van der Waals surface area contributed by atoms with Crippen LogP contribution in [0, 0.1) is 0 Å². The Morgan fingerprint density at radius 3 is 2.85 bits per heavy atom. The number of rotatable bonds is 7. The molecule has 1 saturated carbocycles. The van der Waals surface area contributed by atoms with Crippen LogP contribution in [0.5, 0.6) is 0 Å². The van der Waals surface area contributed by atoms with E-state index in [0.29, 0.717) is 23.1 Å². The van der Waals surface area contributed by atoms with Gasteiger partial charge in [-0.1, -0.05) is 18.5 Å². The van der Waals surface area contributed by atoms with Gasteiger partial charge in [-0.05, 0) is 37.7 Å². The molecule has 0 atom stereocenters. The van der Waals surface area contributed by atoms with Crippen molar-refractivity contribution in [3.63, 3.8) is 0 Å². The standard InChI is InChI=1S/C14H20ClN3OS/c1-3-6-16-12-8-10(7-11(15)18-12)13(19)17-9-14(20-2)4-5-14/h7-8H,3-6,9H2,1-2H3,(H,16,18)(H,17,19). The molecular formula is C14H20ClN3OS. The van der Waals surface area contributed by atoms with Gasteiger partial charge < -0.3 is 10.6 Å². The Hall–Kier alpha value is -0.940. The van der Waals surface area contributed by atoms with Gasteiger partial charge in [-0.25, -0.2) is 4.98 Å². The van der Waals surface area contributed by atoms with Crippen LogP contribution in [0.25, 0.3) is 0 Å². The summed E-state index contributed by atoms with van der Waals surface area (Å²) < 4.78 is 0.260. The van der Waals surface area contributed by atoms with Gasteiger partial charge in [0.05, 0.1) is 0 Å². The summed E-state index contributed by atoms with van der Waals surface area (Å²) in [5, 5.41) is 6.47. The molecule has 1 aromatic heterocycles. The second-order valence-electron chi connectivity index (χ2n) is 5.06. The van der Waals surface area contributed by atoms with E-state index in [0.717, 1.165) is 13.0 Å². The van der Waals surface area contributed by atoms with Crippen LogP contribution in [0.4, 0.5) is 5.82 Å². The third-order valence-electron chi connectivity index (χ3n) is 3.42. The highest BCUT2D eigenvalue weighted by Gasteiger charge is 2.41. The van der Waals surface area contributed by atoms with Crippen molar-refractivity contribution in [3.8, 4) is 0 Å². The predicted molar refractivity (Wildman–Crippen MR) is 85.8 cm³/mol. The first kappa shape index (κ1) is 15.4. The van der Waals surface area contributed by atoms with E-state index < -0.39 is 0 Å². The van der Waals surface area contributed by atoms with Crippen LogP contribution in [0.3, 0.4) is 0 Å². The van der Waals surface area contributed by atoms with Crippen molar-refractivity contribution in [1.29, 1.82) is 0 Å². The second-order valence-corrected chi connectivity index (χ2v) is 6.72. The first-order chi connectivity index (χ1) is 9.58. The van der Waals surface area contributed by atoms with Crippen LogP contribution >= 0.6 is 23.4 Å². The minimum Gasteiger partial charge on any atom is -0.370 e. The third kappa shape index (κ3) is 4.03. The Bertz CT molecular complexity index is 491. The lowest BCUT2D eigenvalue weighted by molar-refractivity contribution is 0.0953. The zero-order valence-electron chi connectivity index (χ0n) is 11.8. The average Bonchev–Trinajstić information content (AvgIpc) is 3.22. The quantitative estimate of drug-likeness (QED) is 0.759. The molecule has 0 radical (unpaired) electrons. The topological polar surface area (TPSA) is 54.0 Å². The SMILES string of the molecule is CCCNc1cc(C(=O)NCC2(SC)CC2)cc(Cl)n1. The number of thioether (sulfide) groups is 1. The molecule has 2 rings (SSSR count). The van der Waals surface area contributed by atoms with E-state index in [1.165, 1.54) is 12.8 Å². The van der Waals surface area contributed by atoms with Gasteiger partial charge in [-0.15, -0.1) is 0 Å². The lowest BCUT2D eigenvalue weighted by Crippen LogP contribution is -2.31. The maximum atomic E-state index is 12.2. The van der Waals surface area contributed by atoms with Crippen molar-refractivity contribution < 1.29 is 4.79 Å². The Labute approximate surface area is 129 Å². The van der Waals surface area contributed by atoms with Crippen molar-refractivity contribution in [2.75, 3.05) is 24.7 Å². The van der Waals surface area contributed by atoms with Crippen molar-refractivity contribution >= 4 is 35.1 Å². The number of nitrogens with zero attached hydrogens (tertiary/aromatic N) is 1. The van der Waals surface area contributed by atoms with Gasteiger partial charge in [-0.3, -0.25) is 4.79 Å². The number of halogens is 1. The number of hydrogen-bond acceptors (Lipinski definition) is 4. The van der Waals surface area contributed by atoms with E-state index in [2.05, 4.69) is 28.8 Å². The molecular weight excluding hydrogens is 294 g/mol. The molecule has 2 N–H and O–H groups in total. The number of carbonyl (C=O) groups excluding carboxylic acids is 1. The first-order valence-corrected chi connectivity index (χ1v) is 8.43. The zero-order valence-corrected chi connectivity index (χ0v) is 13.4. The maximum absolute atomic E-state index is 12.2. The number of aromatic nitrogens is 1. The van der Waals surface area contributed by atoms with Crippen LogP contribution < -0.4 is 10.6 Å². The molecule has 1 aliphatic rings. The molecule has 1 amide bonds. The van der Waals surface area contributed by atoms with E-state index >= 15 is 0 Å². The summed E-state index contributed by atoms with van der Waals surface area (Å²) in [6.07, 6.45) is 5.44. The highest BCUT2D eigenvalue weighted by molar-refractivity contribution is 8.00. The minimum atomic E-state index is -0.0887. The van der Waals surface area contributed by atoms with E-state index in [1.54, 1.807) is 12.1 Å². The van der Waals surface area contributed by atoms with E-state index in [4.69, 9.17) is 11.6 Å². The largest absolute Gasteiger partial charge is 0.370 e. The van der Waals surface area contributed by atoms with Gasteiger partial charge in [0.2, 0.25) is 0 Å². The smallest absolute Gasteiger partial charge is 0.251 e. The normalized spacial score (nSPS) is 15.8. The van der Waals surface area contributed by atoms with Crippen molar-refractivity contribution in [2.45, 2.75) is 30.9 Å². The summed E-state index contributed by atoms with van der Waals surface area (Å²) in [7, 11) is 0. The monoisotopic (exact) mass is 313 g/mol. The fraction of sp³-hybridized carbons (Fsp3) is 0.571. The van der Waals surface area contributed by atoms with Gasteiger partial charge in [0.25, 0.3) is 5.91 Å². The molecule has 4 nitrogen and oxygen atoms in total. The van der Waals surface area contributed by atoms with Gasteiger partial charge in [0.15, 0.2) is 0 Å². The molecule has 0 bridgehead atoms. The molecule has 0 spiro atoms. The summed E-state index contributed by atoms with van der Waals surface area (Å²) in [6, 6.07) is 3.35. The summed E-state index contributed by atoms with van der Waals surface area (Å²) in [5.41, 5.74) is 0.556. The molecule has 1 fully saturated rings. The highest BCUT2D eigenvalue weighted by atomic mass is 35.5. The Kier molecular flexibility index (Phi) is 5.16. The summed E-state index contributed by atoms with van der Waals surface area (Å²) in [4.78, 5) is 16.3. The maximum Gasteiger partial charge on any atom is 0.251 e. The number of amides is 1. The molecule has 0 aromatic carbocycles. The number of carbonyl (C=O) groups is 1. The van der Waals surface area contributed by atoms with Crippen LogP contribution in [-0.4, -0.2) is 35.0 Å². The van der Waals surface area contributed by atoms with Gasteiger partial charge in [0.1, 0.15) is 11.0 Å². The lowest BCUT2D eigenvalue weighted by atomic mass is 10.2. The fourth-order valence-corrected chi connectivity index (χ4v) is 2.84. The van der Waals surface area contributed by atoms with Crippen LogP contribution in [0.15, 0.2) is 12.1 Å². The van der Waals surface area contributed by atoms with Crippen molar-refractivity contribution in [3.05, 3.63) is 22.8 Å². The Morgan fingerprint density at radius 1 is 1.50 bits per heavy atom. The highest BCUT2D eigenvalue weighted by Crippen LogP contribution is 2.46. The number of hydrogen-bond donors (Lipinski definition) is 2. The third-order valence-corrected chi connectivity index (χ3v) is 5.04. The Balaban J connectivity index is 1.99. The molecule has 110 valence electrons. The first-order valence-electron chi connectivity index (χ1n) is 6.83. The Morgan fingerprint density at radius 2 is 2.25 bits per heavy atom. The molecule has 0 aliphatic heterocycles. The molecule has 1 aliphatic carbocycles. The number of nitrogens with one attached hydrogen (secondary N) is 2. The molecule has 0 saturated heterocycles. The molecule has 6 heteroatoms.